The Morgan fingerprint density at radius 2 is 2.16 bits per heavy atom. The van der Waals surface area contributed by atoms with Crippen LogP contribution in [0.25, 0.3) is 10.9 Å². The van der Waals surface area contributed by atoms with Gasteiger partial charge in [0.25, 0.3) is 0 Å². The highest BCUT2D eigenvalue weighted by molar-refractivity contribution is 5.86. The Morgan fingerprint density at radius 3 is 2.95 bits per heavy atom. The Hall–Kier alpha value is -1.48. The highest BCUT2D eigenvalue weighted by Gasteiger charge is 2.16. The number of fused-ring (bicyclic) bond motifs is 3. The Bertz CT molecular complexity index is 573. The molecule has 0 saturated carbocycles. The first-order chi connectivity index (χ1) is 9.31. The van der Waals surface area contributed by atoms with E-state index in [1.54, 1.807) is 7.11 Å². The number of nitrogens with zero attached hydrogens (tertiary/aromatic N) is 1. The van der Waals surface area contributed by atoms with E-state index in [0.29, 0.717) is 0 Å². The maximum Gasteiger partial charge on any atom is 0.119 e. The van der Waals surface area contributed by atoms with Crippen molar-refractivity contribution in [2.24, 2.45) is 0 Å². The van der Waals surface area contributed by atoms with Crippen LogP contribution >= 0.6 is 0 Å². The van der Waals surface area contributed by atoms with E-state index in [1.165, 1.54) is 35.1 Å². The van der Waals surface area contributed by atoms with E-state index < -0.39 is 0 Å². The zero-order valence-corrected chi connectivity index (χ0v) is 11.8. The number of nitrogens with one attached hydrogen (secondary N) is 1. The van der Waals surface area contributed by atoms with Crippen molar-refractivity contribution < 1.29 is 4.74 Å². The molecule has 3 rings (SSSR count). The zero-order valence-electron chi connectivity index (χ0n) is 11.8. The molecule has 19 heavy (non-hydrogen) atoms. The minimum atomic E-state index is 0.948. The third-order valence-electron chi connectivity index (χ3n) is 4.23. The number of aryl methyl sites for hydroxylation is 1. The molecule has 0 unspecified atom stereocenters. The number of benzene rings is 1. The van der Waals surface area contributed by atoms with Gasteiger partial charge in [0.2, 0.25) is 0 Å². The fraction of sp³-hybridized carbons (Fsp3) is 0.500. The smallest absolute Gasteiger partial charge is 0.119 e. The quantitative estimate of drug-likeness (QED) is 0.897. The molecule has 0 radical (unpaired) electrons. The summed E-state index contributed by atoms with van der Waals surface area (Å²) < 4.78 is 5.36. The lowest BCUT2D eigenvalue weighted by Gasteiger charge is -2.23. The molecule has 3 nitrogen and oxygen atoms in total. The maximum atomic E-state index is 5.36. The number of ether oxygens (including phenoxy) is 1. The largest absolute Gasteiger partial charge is 0.497 e. The van der Waals surface area contributed by atoms with Crippen molar-refractivity contribution in [1.82, 2.24) is 9.88 Å². The summed E-state index contributed by atoms with van der Waals surface area (Å²) in [7, 11) is 1.73. The molecule has 0 bridgehead atoms. The Morgan fingerprint density at radius 1 is 1.26 bits per heavy atom. The average Bonchev–Trinajstić information content (AvgIpc) is 2.75. The molecule has 0 atom stereocenters. The van der Waals surface area contributed by atoms with Crippen LogP contribution in [0.1, 0.15) is 24.6 Å². The van der Waals surface area contributed by atoms with Gasteiger partial charge < -0.3 is 14.6 Å². The van der Waals surface area contributed by atoms with Crippen LogP contribution in [0.2, 0.25) is 0 Å². The molecule has 2 heterocycles. The van der Waals surface area contributed by atoms with E-state index in [-0.39, 0.29) is 0 Å². The van der Waals surface area contributed by atoms with Gasteiger partial charge in [0.1, 0.15) is 5.75 Å². The fourth-order valence-electron chi connectivity index (χ4n) is 3.09. The third-order valence-corrected chi connectivity index (χ3v) is 4.23. The molecular formula is C16H22N2O. The van der Waals surface area contributed by atoms with Crippen LogP contribution in [0, 0.1) is 0 Å². The Labute approximate surface area is 114 Å². The molecule has 0 spiro atoms. The summed E-state index contributed by atoms with van der Waals surface area (Å²) in [5.41, 5.74) is 4.17. The number of methoxy groups -OCH3 is 1. The van der Waals surface area contributed by atoms with E-state index >= 15 is 0 Å². The van der Waals surface area contributed by atoms with Crippen molar-refractivity contribution in [2.45, 2.75) is 26.2 Å². The number of aromatic nitrogens is 1. The summed E-state index contributed by atoms with van der Waals surface area (Å²) in [6, 6.07) is 6.34. The summed E-state index contributed by atoms with van der Waals surface area (Å²) in [6.07, 6.45) is 3.53. The number of rotatable bonds is 2. The summed E-state index contributed by atoms with van der Waals surface area (Å²) in [6.45, 7) is 5.78. The summed E-state index contributed by atoms with van der Waals surface area (Å²) in [4.78, 5) is 6.14. The average molecular weight is 258 g/mol. The Balaban J connectivity index is 2.02. The highest BCUT2D eigenvalue weighted by Crippen LogP contribution is 2.28. The highest BCUT2D eigenvalue weighted by atomic mass is 16.5. The second-order valence-corrected chi connectivity index (χ2v) is 5.28. The molecule has 0 aliphatic carbocycles. The predicted molar refractivity (Wildman–Crippen MR) is 79.0 cm³/mol. The summed E-state index contributed by atoms with van der Waals surface area (Å²) in [5, 5.41) is 1.34. The molecule has 1 N–H and O–H groups in total. The summed E-state index contributed by atoms with van der Waals surface area (Å²) >= 11 is 0. The number of hydrogen-bond donors (Lipinski definition) is 1. The topological polar surface area (TPSA) is 28.3 Å². The van der Waals surface area contributed by atoms with Crippen LogP contribution < -0.4 is 4.74 Å². The molecule has 0 saturated heterocycles. The van der Waals surface area contributed by atoms with Gasteiger partial charge >= 0.3 is 0 Å². The van der Waals surface area contributed by atoms with Crippen molar-refractivity contribution in [1.29, 1.82) is 0 Å². The monoisotopic (exact) mass is 258 g/mol. The van der Waals surface area contributed by atoms with E-state index in [2.05, 4.69) is 28.9 Å². The standard InChI is InChI=1S/C16H22N2O/c1-3-18-9-4-5-15-13(8-10-18)14-11-12(19-2)6-7-16(14)17-15/h6-7,11,17H,3-5,8-10H2,1-2H3. The van der Waals surface area contributed by atoms with Crippen LogP contribution in [0.4, 0.5) is 0 Å². The lowest BCUT2D eigenvalue weighted by atomic mass is 10.0. The number of aromatic amines is 1. The minimum Gasteiger partial charge on any atom is -0.497 e. The van der Waals surface area contributed by atoms with Gasteiger partial charge in [0.15, 0.2) is 0 Å². The van der Waals surface area contributed by atoms with Crippen molar-refractivity contribution in [2.75, 3.05) is 26.7 Å². The SMILES string of the molecule is CCN1CCCc2[nH]c3ccc(OC)cc3c2CC1. The fourth-order valence-corrected chi connectivity index (χ4v) is 3.09. The molecule has 1 aromatic carbocycles. The van der Waals surface area contributed by atoms with Gasteiger partial charge in [0.05, 0.1) is 7.11 Å². The van der Waals surface area contributed by atoms with E-state index in [1.807, 2.05) is 6.07 Å². The molecule has 3 heteroatoms. The van der Waals surface area contributed by atoms with Gasteiger partial charge in [-0.25, -0.2) is 0 Å². The van der Waals surface area contributed by atoms with Crippen LogP contribution in [0.5, 0.6) is 5.75 Å². The van der Waals surface area contributed by atoms with Crippen LogP contribution in [0.3, 0.4) is 0 Å². The molecule has 1 aromatic heterocycles. The van der Waals surface area contributed by atoms with Crippen LogP contribution in [0.15, 0.2) is 18.2 Å². The van der Waals surface area contributed by atoms with E-state index in [9.17, 15) is 0 Å². The normalized spacial score (nSPS) is 16.9. The van der Waals surface area contributed by atoms with Gasteiger partial charge in [-0.05, 0) is 56.1 Å². The molecule has 1 aliphatic rings. The van der Waals surface area contributed by atoms with Crippen molar-refractivity contribution in [3.05, 3.63) is 29.5 Å². The van der Waals surface area contributed by atoms with E-state index in [0.717, 1.165) is 31.7 Å². The van der Waals surface area contributed by atoms with E-state index in [4.69, 9.17) is 4.74 Å². The van der Waals surface area contributed by atoms with Crippen LogP contribution in [-0.2, 0) is 12.8 Å². The molecule has 0 fully saturated rings. The van der Waals surface area contributed by atoms with Gasteiger partial charge in [-0.3, -0.25) is 0 Å². The van der Waals surface area contributed by atoms with Gasteiger partial charge in [0, 0.05) is 23.1 Å². The molecular weight excluding hydrogens is 236 g/mol. The van der Waals surface area contributed by atoms with Gasteiger partial charge in [-0.15, -0.1) is 0 Å². The second kappa shape index (κ2) is 5.25. The molecule has 1 aliphatic heterocycles. The van der Waals surface area contributed by atoms with Crippen molar-refractivity contribution in [3.63, 3.8) is 0 Å². The lowest BCUT2D eigenvalue weighted by molar-refractivity contribution is 0.283. The van der Waals surface area contributed by atoms with Gasteiger partial charge in [-0.1, -0.05) is 6.92 Å². The second-order valence-electron chi connectivity index (χ2n) is 5.28. The summed E-state index contributed by atoms with van der Waals surface area (Å²) in [5.74, 6) is 0.948. The molecule has 0 amide bonds. The van der Waals surface area contributed by atoms with Crippen molar-refractivity contribution in [3.8, 4) is 5.75 Å². The zero-order chi connectivity index (χ0) is 13.2. The maximum absolute atomic E-state index is 5.36. The first kappa shape index (κ1) is 12.5. The number of hydrogen-bond acceptors (Lipinski definition) is 2. The van der Waals surface area contributed by atoms with Gasteiger partial charge in [-0.2, -0.15) is 0 Å². The Kier molecular flexibility index (Phi) is 3.47. The van der Waals surface area contributed by atoms with Crippen LogP contribution in [-0.4, -0.2) is 36.6 Å². The number of H-pyrrole nitrogens is 1. The molecule has 2 aromatic rings. The third kappa shape index (κ3) is 2.35. The van der Waals surface area contributed by atoms with Crippen molar-refractivity contribution >= 4 is 10.9 Å². The molecule has 102 valence electrons. The lowest BCUT2D eigenvalue weighted by Crippen LogP contribution is -2.29. The predicted octanol–water partition coefficient (Wildman–Crippen LogP) is 2.99. The first-order valence-electron chi connectivity index (χ1n) is 7.21. The first-order valence-corrected chi connectivity index (χ1v) is 7.21. The number of likely N-dealkylation sites (N-methyl/N-ethyl adjacent to an activating group) is 1. The minimum absolute atomic E-state index is 0.948.